The van der Waals surface area contributed by atoms with E-state index in [2.05, 4.69) is 0 Å². The molecule has 0 fully saturated rings. The van der Waals surface area contributed by atoms with E-state index in [1.807, 2.05) is 13.8 Å². The summed E-state index contributed by atoms with van der Waals surface area (Å²) in [5, 5.41) is 0.459. The van der Waals surface area contributed by atoms with Crippen molar-refractivity contribution in [3.8, 4) is 0 Å². The SMILES string of the molecule is CCC(CC)C(=O)Cc1cc(F)ccc1Cl. The zero-order valence-electron chi connectivity index (χ0n) is 9.59. The van der Waals surface area contributed by atoms with Crippen molar-refractivity contribution in [2.45, 2.75) is 33.1 Å². The first-order valence-corrected chi connectivity index (χ1v) is 5.92. The van der Waals surface area contributed by atoms with Crippen molar-refractivity contribution in [1.82, 2.24) is 0 Å². The molecule has 0 N–H and O–H groups in total. The van der Waals surface area contributed by atoms with Gasteiger partial charge in [-0.2, -0.15) is 0 Å². The Hall–Kier alpha value is -0.890. The molecule has 3 heteroatoms. The second kappa shape index (κ2) is 6.00. The van der Waals surface area contributed by atoms with Gasteiger partial charge in [-0.15, -0.1) is 0 Å². The van der Waals surface area contributed by atoms with Crippen molar-refractivity contribution < 1.29 is 9.18 Å². The van der Waals surface area contributed by atoms with Gasteiger partial charge in [0.1, 0.15) is 11.6 Å². The molecule has 0 radical (unpaired) electrons. The van der Waals surface area contributed by atoms with Gasteiger partial charge in [-0.05, 0) is 36.6 Å². The van der Waals surface area contributed by atoms with E-state index in [4.69, 9.17) is 11.6 Å². The molecule has 0 aromatic heterocycles. The van der Waals surface area contributed by atoms with Crippen molar-refractivity contribution in [3.63, 3.8) is 0 Å². The molecule has 0 saturated carbocycles. The molecule has 0 spiro atoms. The summed E-state index contributed by atoms with van der Waals surface area (Å²) in [7, 11) is 0. The number of ketones is 1. The first kappa shape index (κ1) is 13.2. The smallest absolute Gasteiger partial charge is 0.140 e. The maximum atomic E-state index is 13.0. The average Bonchev–Trinajstić information content (AvgIpc) is 2.25. The molecular weight excluding hydrogens is 227 g/mol. The van der Waals surface area contributed by atoms with Crippen LogP contribution >= 0.6 is 11.6 Å². The molecule has 0 saturated heterocycles. The van der Waals surface area contributed by atoms with Crippen LogP contribution in [0.4, 0.5) is 4.39 Å². The van der Waals surface area contributed by atoms with Crippen LogP contribution in [0.3, 0.4) is 0 Å². The predicted octanol–water partition coefficient (Wildman–Crippen LogP) is 4.03. The second-order valence-corrected chi connectivity index (χ2v) is 4.30. The van der Waals surface area contributed by atoms with E-state index in [1.54, 1.807) is 0 Å². The van der Waals surface area contributed by atoms with Crippen molar-refractivity contribution in [2.24, 2.45) is 5.92 Å². The van der Waals surface area contributed by atoms with Crippen molar-refractivity contribution in [3.05, 3.63) is 34.6 Å². The zero-order valence-corrected chi connectivity index (χ0v) is 10.4. The summed E-state index contributed by atoms with van der Waals surface area (Å²) in [6.07, 6.45) is 1.87. The lowest BCUT2D eigenvalue weighted by Crippen LogP contribution is -2.15. The molecule has 0 aliphatic carbocycles. The van der Waals surface area contributed by atoms with Crippen molar-refractivity contribution >= 4 is 17.4 Å². The molecule has 0 aliphatic heterocycles. The van der Waals surface area contributed by atoms with Gasteiger partial charge in [0.15, 0.2) is 0 Å². The normalized spacial score (nSPS) is 10.8. The fourth-order valence-electron chi connectivity index (χ4n) is 1.75. The third kappa shape index (κ3) is 3.31. The minimum atomic E-state index is -0.350. The molecule has 0 heterocycles. The van der Waals surface area contributed by atoms with Crippen LogP contribution in [0.5, 0.6) is 0 Å². The van der Waals surface area contributed by atoms with E-state index in [9.17, 15) is 9.18 Å². The maximum absolute atomic E-state index is 13.0. The molecule has 1 aromatic rings. The van der Waals surface area contributed by atoms with Crippen molar-refractivity contribution in [1.29, 1.82) is 0 Å². The molecule has 0 amide bonds. The number of benzene rings is 1. The summed E-state index contributed by atoms with van der Waals surface area (Å²) in [5.41, 5.74) is 0.582. The van der Waals surface area contributed by atoms with Gasteiger partial charge < -0.3 is 0 Å². The van der Waals surface area contributed by atoms with Gasteiger partial charge in [-0.25, -0.2) is 4.39 Å². The first-order valence-electron chi connectivity index (χ1n) is 5.55. The summed E-state index contributed by atoms with van der Waals surface area (Å²) >= 11 is 5.91. The Labute approximate surface area is 101 Å². The quantitative estimate of drug-likeness (QED) is 0.762. The molecule has 1 aromatic carbocycles. The maximum Gasteiger partial charge on any atom is 0.140 e. The molecule has 0 atom stereocenters. The Morgan fingerprint density at radius 1 is 1.38 bits per heavy atom. The van der Waals surface area contributed by atoms with E-state index >= 15 is 0 Å². The number of hydrogen-bond donors (Lipinski definition) is 0. The fraction of sp³-hybridized carbons (Fsp3) is 0.462. The summed E-state index contributed by atoms with van der Waals surface area (Å²) < 4.78 is 13.0. The van der Waals surface area contributed by atoms with Gasteiger partial charge in [0.05, 0.1) is 0 Å². The Bertz CT molecular complexity index is 372. The molecule has 0 unspecified atom stereocenters. The highest BCUT2D eigenvalue weighted by molar-refractivity contribution is 6.31. The van der Waals surface area contributed by atoms with Gasteiger partial charge in [-0.3, -0.25) is 4.79 Å². The Morgan fingerprint density at radius 3 is 2.56 bits per heavy atom. The van der Waals surface area contributed by atoms with Crippen LogP contribution in [0.15, 0.2) is 18.2 Å². The Morgan fingerprint density at radius 2 is 2.00 bits per heavy atom. The monoisotopic (exact) mass is 242 g/mol. The summed E-state index contributed by atoms with van der Waals surface area (Å²) in [6, 6.07) is 4.13. The Balaban J connectivity index is 2.80. The number of halogens is 2. The first-order chi connectivity index (χ1) is 7.58. The standard InChI is InChI=1S/C13H16ClFO/c1-3-9(4-2)13(16)8-10-7-11(15)5-6-12(10)14/h5-7,9H,3-4,8H2,1-2H3. The highest BCUT2D eigenvalue weighted by Crippen LogP contribution is 2.20. The number of Topliss-reactive ketones (excluding diaryl/α,β-unsaturated/α-hetero) is 1. The van der Waals surface area contributed by atoms with Gasteiger partial charge >= 0.3 is 0 Å². The van der Waals surface area contributed by atoms with Crippen LogP contribution in [0.1, 0.15) is 32.3 Å². The minimum Gasteiger partial charge on any atom is -0.299 e. The fourth-order valence-corrected chi connectivity index (χ4v) is 1.94. The van der Waals surface area contributed by atoms with Crippen LogP contribution in [0, 0.1) is 11.7 Å². The van der Waals surface area contributed by atoms with Crippen molar-refractivity contribution in [2.75, 3.05) is 0 Å². The molecule has 0 bridgehead atoms. The number of carbonyl (C=O) groups is 1. The van der Waals surface area contributed by atoms with Gasteiger partial charge in [-0.1, -0.05) is 25.4 Å². The number of hydrogen-bond acceptors (Lipinski definition) is 1. The van der Waals surface area contributed by atoms with Crippen LogP contribution in [0.25, 0.3) is 0 Å². The zero-order chi connectivity index (χ0) is 12.1. The molecule has 16 heavy (non-hydrogen) atoms. The molecule has 1 nitrogen and oxygen atoms in total. The van der Waals surface area contributed by atoms with Gasteiger partial charge in [0.25, 0.3) is 0 Å². The lowest BCUT2D eigenvalue weighted by molar-refractivity contribution is -0.122. The van der Waals surface area contributed by atoms with E-state index < -0.39 is 0 Å². The van der Waals surface area contributed by atoms with Crippen LogP contribution in [-0.2, 0) is 11.2 Å². The largest absolute Gasteiger partial charge is 0.299 e. The molecule has 88 valence electrons. The highest BCUT2D eigenvalue weighted by Gasteiger charge is 2.16. The molecular formula is C13H16ClFO. The highest BCUT2D eigenvalue weighted by atomic mass is 35.5. The lowest BCUT2D eigenvalue weighted by Gasteiger charge is -2.11. The summed E-state index contributed by atoms with van der Waals surface area (Å²) in [4.78, 5) is 11.9. The van der Waals surface area contributed by atoms with E-state index in [-0.39, 0.29) is 23.9 Å². The van der Waals surface area contributed by atoms with Crippen LogP contribution in [-0.4, -0.2) is 5.78 Å². The summed E-state index contributed by atoms with van der Waals surface area (Å²) in [5.74, 6) is -0.159. The average molecular weight is 243 g/mol. The van der Waals surface area contributed by atoms with Crippen LogP contribution in [0.2, 0.25) is 5.02 Å². The predicted molar refractivity (Wildman–Crippen MR) is 64.2 cm³/mol. The van der Waals surface area contributed by atoms with Gasteiger partial charge in [0, 0.05) is 17.4 Å². The summed E-state index contributed by atoms with van der Waals surface area (Å²) in [6.45, 7) is 3.97. The second-order valence-electron chi connectivity index (χ2n) is 3.89. The number of rotatable bonds is 5. The lowest BCUT2D eigenvalue weighted by atomic mass is 9.93. The number of carbonyl (C=O) groups excluding carboxylic acids is 1. The third-order valence-electron chi connectivity index (χ3n) is 2.81. The molecule has 1 rings (SSSR count). The topological polar surface area (TPSA) is 17.1 Å². The molecule has 0 aliphatic rings. The third-order valence-corrected chi connectivity index (χ3v) is 3.18. The minimum absolute atomic E-state index is 0.0549. The van der Waals surface area contributed by atoms with E-state index in [0.717, 1.165) is 12.8 Å². The van der Waals surface area contributed by atoms with Gasteiger partial charge in [0.2, 0.25) is 0 Å². The Kier molecular flexibility index (Phi) is 4.94. The van der Waals surface area contributed by atoms with E-state index in [1.165, 1.54) is 18.2 Å². The van der Waals surface area contributed by atoms with Crippen LogP contribution < -0.4 is 0 Å². The van der Waals surface area contributed by atoms with E-state index in [0.29, 0.717) is 10.6 Å².